The molecule has 0 atom stereocenters. The number of hydrogen-bond acceptors (Lipinski definition) is 1. The van der Waals surface area contributed by atoms with Gasteiger partial charge in [-0.15, -0.1) is 12.4 Å². The van der Waals surface area contributed by atoms with Crippen molar-refractivity contribution in [3.63, 3.8) is 0 Å². The fourth-order valence-corrected chi connectivity index (χ4v) is 1.48. The van der Waals surface area contributed by atoms with E-state index < -0.39 is 11.7 Å². The SMILES string of the molecule is Cl.NCc1ccc(I)cc1C(F)(F)F. The Morgan fingerprint density at radius 2 is 1.86 bits per heavy atom. The highest BCUT2D eigenvalue weighted by Gasteiger charge is 2.32. The summed E-state index contributed by atoms with van der Waals surface area (Å²) in [6.07, 6.45) is -4.31. The summed E-state index contributed by atoms with van der Waals surface area (Å²) in [6.45, 7) is -0.0915. The van der Waals surface area contributed by atoms with E-state index >= 15 is 0 Å². The summed E-state index contributed by atoms with van der Waals surface area (Å²) in [6, 6.07) is 4.12. The zero-order chi connectivity index (χ0) is 10.1. The summed E-state index contributed by atoms with van der Waals surface area (Å²) in [4.78, 5) is 0. The molecule has 0 aromatic heterocycles. The van der Waals surface area contributed by atoms with E-state index in [9.17, 15) is 13.2 Å². The van der Waals surface area contributed by atoms with Crippen LogP contribution in [0.4, 0.5) is 13.2 Å². The van der Waals surface area contributed by atoms with Crippen molar-refractivity contribution >= 4 is 35.0 Å². The van der Waals surface area contributed by atoms with Crippen LogP contribution in [0.3, 0.4) is 0 Å². The summed E-state index contributed by atoms with van der Waals surface area (Å²) >= 11 is 1.84. The van der Waals surface area contributed by atoms with Gasteiger partial charge in [-0.1, -0.05) is 6.07 Å². The number of nitrogens with two attached hydrogens (primary N) is 1. The Bertz CT molecular complexity index is 314. The van der Waals surface area contributed by atoms with Gasteiger partial charge < -0.3 is 5.73 Å². The van der Waals surface area contributed by atoms with Crippen LogP contribution in [0.15, 0.2) is 18.2 Å². The third kappa shape index (κ3) is 3.29. The summed E-state index contributed by atoms with van der Waals surface area (Å²) in [5.41, 5.74) is 4.69. The molecule has 80 valence electrons. The molecular formula is C8H8ClF3IN. The summed E-state index contributed by atoms with van der Waals surface area (Å²) < 4.78 is 37.6. The summed E-state index contributed by atoms with van der Waals surface area (Å²) in [7, 11) is 0. The Labute approximate surface area is 99.4 Å². The van der Waals surface area contributed by atoms with Gasteiger partial charge in [-0.05, 0) is 40.3 Å². The lowest BCUT2D eigenvalue weighted by molar-refractivity contribution is -0.138. The maximum Gasteiger partial charge on any atom is 0.416 e. The Morgan fingerprint density at radius 3 is 2.29 bits per heavy atom. The maximum atomic E-state index is 12.4. The van der Waals surface area contributed by atoms with Crippen molar-refractivity contribution in [3.8, 4) is 0 Å². The van der Waals surface area contributed by atoms with E-state index in [2.05, 4.69) is 0 Å². The van der Waals surface area contributed by atoms with E-state index in [4.69, 9.17) is 5.73 Å². The fraction of sp³-hybridized carbons (Fsp3) is 0.250. The minimum absolute atomic E-state index is 0. The smallest absolute Gasteiger partial charge is 0.326 e. The Hall–Kier alpha value is -0.0100. The second-order valence-corrected chi connectivity index (χ2v) is 3.75. The van der Waals surface area contributed by atoms with Gasteiger partial charge in [0.05, 0.1) is 5.56 Å². The monoisotopic (exact) mass is 337 g/mol. The van der Waals surface area contributed by atoms with Gasteiger partial charge in [0.15, 0.2) is 0 Å². The number of halogens is 5. The molecule has 0 saturated carbocycles. The molecule has 0 aliphatic heterocycles. The van der Waals surface area contributed by atoms with Gasteiger partial charge in [0.1, 0.15) is 0 Å². The average molecular weight is 338 g/mol. The molecule has 1 aromatic rings. The lowest BCUT2D eigenvalue weighted by Gasteiger charge is -2.11. The molecule has 0 spiro atoms. The highest BCUT2D eigenvalue weighted by molar-refractivity contribution is 14.1. The molecule has 0 aliphatic carbocycles. The molecule has 0 amide bonds. The second kappa shape index (κ2) is 5.18. The maximum absolute atomic E-state index is 12.4. The quantitative estimate of drug-likeness (QED) is 0.783. The molecule has 14 heavy (non-hydrogen) atoms. The van der Waals surface area contributed by atoms with Crippen LogP contribution in [0.2, 0.25) is 0 Å². The van der Waals surface area contributed by atoms with Gasteiger partial charge >= 0.3 is 6.18 Å². The third-order valence-corrected chi connectivity index (χ3v) is 2.27. The first-order valence-corrected chi connectivity index (χ1v) is 4.58. The molecule has 0 bridgehead atoms. The van der Waals surface area contributed by atoms with Crippen molar-refractivity contribution in [2.75, 3.05) is 0 Å². The van der Waals surface area contributed by atoms with Crippen LogP contribution in [-0.4, -0.2) is 0 Å². The van der Waals surface area contributed by atoms with Crippen LogP contribution < -0.4 is 5.73 Å². The van der Waals surface area contributed by atoms with Crippen molar-refractivity contribution in [2.45, 2.75) is 12.7 Å². The minimum Gasteiger partial charge on any atom is -0.326 e. The van der Waals surface area contributed by atoms with E-state index in [1.165, 1.54) is 6.07 Å². The molecule has 2 N–H and O–H groups in total. The molecule has 0 heterocycles. The normalized spacial score (nSPS) is 10.9. The van der Waals surface area contributed by atoms with Crippen LogP contribution in [-0.2, 0) is 12.7 Å². The van der Waals surface area contributed by atoms with Crippen molar-refractivity contribution < 1.29 is 13.2 Å². The van der Waals surface area contributed by atoms with Crippen molar-refractivity contribution in [3.05, 3.63) is 32.9 Å². The molecule has 0 saturated heterocycles. The van der Waals surface area contributed by atoms with Gasteiger partial charge in [0.25, 0.3) is 0 Å². The zero-order valence-corrected chi connectivity index (χ0v) is 9.91. The van der Waals surface area contributed by atoms with Crippen LogP contribution in [0.5, 0.6) is 0 Å². The molecule has 0 radical (unpaired) electrons. The number of benzene rings is 1. The first kappa shape index (κ1) is 14.0. The Balaban J connectivity index is 0.00000169. The lowest BCUT2D eigenvalue weighted by atomic mass is 10.1. The van der Waals surface area contributed by atoms with Crippen LogP contribution in [0.1, 0.15) is 11.1 Å². The third-order valence-electron chi connectivity index (χ3n) is 1.60. The van der Waals surface area contributed by atoms with Gasteiger partial charge in [0, 0.05) is 10.1 Å². The highest BCUT2D eigenvalue weighted by Crippen LogP contribution is 2.32. The summed E-state index contributed by atoms with van der Waals surface area (Å²) in [5.74, 6) is 0. The Kier molecular flexibility index (Phi) is 5.17. The van der Waals surface area contributed by atoms with E-state index in [0.29, 0.717) is 3.57 Å². The number of hydrogen-bond donors (Lipinski definition) is 1. The topological polar surface area (TPSA) is 26.0 Å². The molecule has 1 nitrogen and oxygen atoms in total. The second-order valence-electron chi connectivity index (χ2n) is 2.50. The van der Waals surface area contributed by atoms with Gasteiger partial charge in [0.2, 0.25) is 0 Å². The van der Waals surface area contributed by atoms with Crippen molar-refractivity contribution in [2.24, 2.45) is 5.73 Å². The van der Waals surface area contributed by atoms with Gasteiger partial charge in [-0.3, -0.25) is 0 Å². The first-order valence-electron chi connectivity index (χ1n) is 3.51. The zero-order valence-electron chi connectivity index (χ0n) is 6.94. The largest absolute Gasteiger partial charge is 0.416 e. The molecule has 0 aliphatic rings. The van der Waals surface area contributed by atoms with E-state index in [0.717, 1.165) is 6.07 Å². The molecule has 1 aromatic carbocycles. The fourth-order valence-electron chi connectivity index (χ4n) is 0.991. The minimum atomic E-state index is -4.31. The lowest BCUT2D eigenvalue weighted by Crippen LogP contribution is -2.12. The number of alkyl halides is 3. The average Bonchev–Trinajstić information content (AvgIpc) is 2.03. The molecule has 0 unspecified atom stereocenters. The number of rotatable bonds is 1. The van der Waals surface area contributed by atoms with Crippen LogP contribution >= 0.6 is 35.0 Å². The predicted molar refractivity (Wildman–Crippen MR) is 59.3 cm³/mol. The van der Waals surface area contributed by atoms with E-state index in [1.54, 1.807) is 6.07 Å². The van der Waals surface area contributed by atoms with E-state index in [-0.39, 0.29) is 24.5 Å². The molecule has 0 fully saturated rings. The first-order chi connectivity index (χ1) is 5.95. The molecule has 1 rings (SSSR count). The van der Waals surface area contributed by atoms with E-state index in [1.807, 2.05) is 22.6 Å². The summed E-state index contributed by atoms with van der Waals surface area (Å²) in [5, 5.41) is 0. The standard InChI is InChI=1S/C8H7F3IN.ClH/c9-8(10,11)7-3-6(12)2-1-5(7)4-13;/h1-3H,4,13H2;1H. The van der Waals surface area contributed by atoms with Gasteiger partial charge in [-0.25, -0.2) is 0 Å². The predicted octanol–water partition coefficient (Wildman–Crippen LogP) is 3.19. The molecule has 6 heteroatoms. The van der Waals surface area contributed by atoms with Crippen molar-refractivity contribution in [1.82, 2.24) is 0 Å². The van der Waals surface area contributed by atoms with Crippen LogP contribution in [0.25, 0.3) is 0 Å². The van der Waals surface area contributed by atoms with Gasteiger partial charge in [-0.2, -0.15) is 13.2 Å². The van der Waals surface area contributed by atoms with Crippen LogP contribution in [0, 0.1) is 3.57 Å². The molecular weight excluding hydrogens is 329 g/mol. The Morgan fingerprint density at radius 1 is 1.29 bits per heavy atom. The highest BCUT2D eigenvalue weighted by atomic mass is 127. The van der Waals surface area contributed by atoms with Crippen molar-refractivity contribution in [1.29, 1.82) is 0 Å².